The smallest absolute Gasteiger partial charge is 0.407 e. The number of halogens is 2. The molecule has 200 valence electrons. The summed E-state index contributed by atoms with van der Waals surface area (Å²) in [7, 11) is 0. The number of hydrogen-bond donors (Lipinski definition) is 1. The number of alkyl halides is 1. The van der Waals surface area contributed by atoms with E-state index in [4.69, 9.17) is 9.47 Å². The minimum Gasteiger partial charge on any atom is -0.444 e. The highest BCUT2D eigenvalue weighted by atomic mass is 19.1. The molecule has 0 bridgehead atoms. The number of alkyl carbamates (subject to hydrolysis) is 1. The van der Waals surface area contributed by atoms with Gasteiger partial charge in [0, 0.05) is 25.0 Å². The second kappa shape index (κ2) is 11.0. The number of hydrogen-bond acceptors (Lipinski definition) is 4. The van der Waals surface area contributed by atoms with Gasteiger partial charge in [0.25, 0.3) is 5.91 Å². The maximum Gasteiger partial charge on any atom is 0.407 e. The van der Waals surface area contributed by atoms with Crippen LogP contribution < -0.4 is 5.32 Å². The predicted octanol–water partition coefficient (Wildman–Crippen LogP) is 5.50. The summed E-state index contributed by atoms with van der Waals surface area (Å²) in [5, 5.41) is 2.96. The summed E-state index contributed by atoms with van der Waals surface area (Å²) in [5.74, 6) is -0.458. The third-order valence-electron chi connectivity index (χ3n) is 7.79. The Hall–Kier alpha value is -2.22. The zero-order valence-corrected chi connectivity index (χ0v) is 21.7. The van der Waals surface area contributed by atoms with E-state index in [1.807, 2.05) is 26.8 Å². The second-order valence-corrected chi connectivity index (χ2v) is 11.7. The number of ether oxygens (including phenoxy) is 2. The number of benzene rings is 1. The molecule has 0 spiro atoms. The van der Waals surface area contributed by atoms with Crippen molar-refractivity contribution in [3.63, 3.8) is 0 Å². The molecule has 1 saturated heterocycles. The van der Waals surface area contributed by atoms with E-state index in [2.05, 4.69) is 5.32 Å². The molecular weight excluding hydrogens is 466 g/mol. The van der Waals surface area contributed by atoms with Gasteiger partial charge >= 0.3 is 6.09 Å². The minimum atomic E-state index is -1.73. The van der Waals surface area contributed by atoms with Crippen LogP contribution in [0.3, 0.4) is 0 Å². The highest BCUT2D eigenvalue weighted by Gasteiger charge is 2.48. The fraction of sp³-hybridized carbons (Fsp3) is 0.714. The van der Waals surface area contributed by atoms with Crippen molar-refractivity contribution >= 4 is 12.0 Å². The van der Waals surface area contributed by atoms with Crippen LogP contribution in [0.2, 0.25) is 0 Å². The number of piperidine rings is 1. The molecule has 3 aliphatic rings. The van der Waals surface area contributed by atoms with E-state index < -0.39 is 23.3 Å². The number of likely N-dealkylation sites (tertiary alicyclic amines) is 1. The van der Waals surface area contributed by atoms with Gasteiger partial charge in [0.15, 0.2) is 5.67 Å². The molecule has 6 nitrogen and oxygen atoms in total. The molecule has 3 fully saturated rings. The van der Waals surface area contributed by atoms with E-state index in [1.165, 1.54) is 6.07 Å². The Balaban J connectivity index is 1.34. The largest absolute Gasteiger partial charge is 0.444 e. The van der Waals surface area contributed by atoms with Crippen LogP contribution in [0.4, 0.5) is 13.6 Å². The Kier molecular flexibility index (Phi) is 8.22. The van der Waals surface area contributed by atoms with E-state index in [9.17, 15) is 18.4 Å². The third-order valence-corrected chi connectivity index (χ3v) is 7.79. The van der Waals surface area contributed by atoms with E-state index in [0.717, 1.165) is 37.7 Å². The predicted molar refractivity (Wildman–Crippen MR) is 133 cm³/mol. The molecule has 36 heavy (non-hydrogen) atoms. The molecule has 2 aliphatic carbocycles. The van der Waals surface area contributed by atoms with Gasteiger partial charge in [-0.2, -0.15) is 0 Å². The molecule has 2 saturated carbocycles. The van der Waals surface area contributed by atoms with Crippen LogP contribution in [0.1, 0.15) is 83.6 Å². The first-order valence-electron chi connectivity index (χ1n) is 13.4. The molecule has 1 unspecified atom stereocenters. The molecular formula is C28H40F2N2O4. The van der Waals surface area contributed by atoms with Crippen LogP contribution in [0.5, 0.6) is 0 Å². The maximum absolute atomic E-state index is 14.8. The Labute approximate surface area is 213 Å². The molecule has 2 amide bonds. The summed E-state index contributed by atoms with van der Waals surface area (Å²) >= 11 is 0. The molecule has 1 heterocycles. The highest BCUT2D eigenvalue weighted by Crippen LogP contribution is 2.39. The van der Waals surface area contributed by atoms with E-state index in [1.54, 1.807) is 17.0 Å². The van der Waals surface area contributed by atoms with Gasteiger partial charge in [0.2, 0.25) is 0 Å². The fourth-order valence-electron chi connectivity index (χ4n) is 5.60. The van der Waals surface area contributed by atoms with Gasteiger partial charge in [-0.15, -0.1) is 0 Å². The summed E-state index contributed by atoms with van der Waals surface area (Å²) in [6.45, 7) is 6.57. The molecule has 4 rings (SSSR count). The number of nitrogens with zero attached hydrogens (tertiary/aromatic N) is 1. The van der Waals surface area contributed by atoms with Crippen molar-refractivity contribution in [2.75, 3.05) is 19.7 Å². The third kappa shape index (κ3) is 6.75. The topological polar surface area (TPSA) is 67.9 Å². The highest BCUT2D eigenvalue weighted by molar-refractivity contribution is 5.86. The summed E-state index contributed by atoms with van der Waals surface area (Å²) in [4.78, 5) is 26.9. The Morgan fingerprint density at radius 2 is 1.86 bits per heavy atom. The molecule has 1 aliphatic heterocycles. The minimum absolute atomic E-state index is 0.0715. The average Bonchev–Trinajstić information content (AvgIpc) is 2.80. The van der Waals surface area contributed by atoms with E-state index >= 15 is 0 Å². The molecule has 8 heteroatoms. The van der Waals surface area contributed by atoms with Crippen molar-refractivity contribution in [2.45, 2.75) is 101 Å². The average molecular weight is 507 g/mol. The van der Waals surface area contributed by atoms with Gasteiger partial charge in [0.1, 0.15) is 11.4 Å². The normalized spacial score (nSPS) is 28.2. The summed E-state index contributed by atoms with van der Waals surface area (Å²) < 4.78 is 40.2. The summed E-state index contributed by atoms with van der Waals surface area (Å²) in [5.41, 5.74) is -1.31. The Morgan fingerprint density at radius 3 is 2.47 bits per heavy atom. The lowest BCUT2D eigenvalue weighted by Gasteiger charge is -2.43. The van der Waals surface area contributed by atoms with Crippen molar-refractivity contribution in [3.8, 4) is 0 Å². The standard InChI is InChI=1S/C28H40F2N2O4/c1-27(2,3)36-26(34)31-24-12-15-32(25(33)28(30)13-5-14-28)17-21(24)18-35-23-10-8-19(9-11-23)20-6-4-7-22(29)16-20/h4,6-7,16,19,21,23-24H,5,8-15,17-18H2,1-3H3,(H,31,34)/t19?,21?,23?,24-/m0/s1. The quantitative estimate of drug-likeness (QED) is 0.553. The van der Waals surface area contributed by atoms with Gasteiger partial charge in [0.05, 0.1) is 12.7 Å². The molecule has 1 aromatic rings. The van der Waals surface area contributed by atoms with Crippen LogP contribution in [0, 0.1) is 11.7 Å². The zero-order chi connectivity index (χ0) is 25.9. The SMILES string of the molecule is CC(C)(C)OC(=O)N[C@H]1CCN(C(=O)C2(F)CCC2)CC1COC1CCC(c2cccc(F)c2)CC1. The second-order valence-electron chi connectivity index (χ2n) is 11.7. The van der Waals surface area contributed by atoms with Gasteiger partial charge in [-0.05, 0) is 95.8 Å². The first-order valence-corrected chi connectivity index (χ1v) is 13.4. The van der Waals surface area contributed by atoms with Gasteiger partial charge in [-0.3, -0.25) is 4.79 Å². The first kappa shape index (κ1) is 26.8. The lowest BCUT2D eigenvalue weighted by molar-refractivity contribution is -0.153. The number of amides is 2. The van der Waals surface area contributed by atoms with Crippen molar-refractivity contribution in [1.29, 1.82) is 0 Å². The fourth-order valence-corrected chi connectivity index (χ4v) is 5.60. The number of carbonyl (C=O) groups excluding carboxylic acids is 2. The van der Waals surface area contributed by atoms with Crippen LogP contribution in [0.15, 0.2) is 24.3 Å². The van der Waals surface area contributed by atoms with E-state index in [-0.39, 0.29) is 36.7 Å². The van der Waals surface area contributed by atoms with Gasteiger partial charge in [-0.25, -0.2) is 13.6 Å². The van der Waals surface area contributed by atoms with Gasteiger partial charge in [-0.1, -0.05) is 12.1 Å². The Bertz CT molecular complexity index is 922. The summed E-state index contributed by atoms with van der Waals surface area (Å²) in [6.07, 6.45) is 5.01. The lowest BCUT2D eigenvalue weighted by atomic mass is 9.80. The number of nitrogens with one attached hydrogen (secondary N) is 1. The van der Waals surface area contributed by atoms with Gasteiger partial charge < -0.3 is 19.7 Å². The summed E-state index contributed by atoms with van der Waals surface area (Å²) in [6, 6.07) is 6.60. The Morgan fingerprint density at radius 1 is 1.14 bits per heavy atom. The van der Waals surface area contributed by atoms with Crippen molar-refractivity contribution in [2.24, 2.45) is 5.92 Å². The van der Waals surface area contributed by atoms with E-state index in [0.29, 0.717) is 32.0 Å². The molecule has 1 aromatic carbocycles. The first-order chi connectivity index (χ1) is 17.0. The van der Waals surface area contributed by atoms with Crippen molar-refractivity contribution in [1.82, 2.24) is 10.2 Å². The monoisotopic (exact) mass is 506 g/mol. The van der Waals surface area contributed by atoms with Crippen molar-refractivity contribution < 1.29 is 27.8 Å². The zero-order valence-electron chi connectivity index (χ0n) is 21.7. The number of rotatable bonds is 6. The van der Waals surface area contributed by atoms with Crippen LogP contribution in [-0.4, -0.2) is 60.0 Å². The molecule has 0 aromatic heterocycles. The molecule has 2 atom stereocenters. The van der Waals surface area contributed by atoms with Crippen LogP contribution >= 0.6 is 0 Å². The molecule has 1 N–H and O–H groups in total. The van der Waals surface area contributed by atoms with Crippen molar-refractivity contribution in [3.05, 3.63) is 35.6 Å². The number of carbonyl (C=O) groups is 2. The maximum atomic E-state index is 14.8. The lowest BCUT2D eigenvalue weighted by Crippen LogP contribution is -2.58. The van der Waals surface area contributed by atoms with Crippen LogP contribution in [-0.2, 0) is 14.3 Å². The van der Waals surface area contributed by atoms with Crippen LogP contribution in [0.25, 0.3) is 0 Å². The molecule has 0 radical (unpaired) electrons.